The first-order valence-corrected chi connectivity index (χ1v) is 5.68. The van der Waals surface area contributed by atoms with Crippen LogP contribution in [-0.4, -0.2) is 33.9 Å². The van der Waals surface area contributed by atoms with E-state index in [1.165, 1.54) is 6.07 Å². The van der Waals surface area contributed by atoms with E-state index in [1.54, 1.807) is 18.2 Å². The molecule has 0 saturated carbocycles. The highest BCUT2D eigenvalue weighted by Crippen LogP contribution is 2.11. The van der Waals surface area contributed by atoms with Crippen LogP contribution >= 0.6 is 0 Å². The summed E-state index contributed by atoms with van der Waals surface area (Å²) in [5, 5.41) is 11.6. The molecule has 7 nitrogen and oxygen atoms in total. The molecule has 2 aromatic rings. The summed E-state index contributed by atoms with van der Waals surface area (Å²) >= 11 is 0. The van der Waals surface area contributed by atoms with Gasteiger partial charge in [-0.1, -0.05) is 24.3 Å². The molecule has 2 rings (SSSR count). The van der Waals surface area contributed by atoms with Gasteiger partial charge in [-0.2, -0.15) is 0 Å². The highest BCUT2D eigenvalue weighted by Gasteiger charge is 2.26. The molecule has 0 radical (unpaired) electrons. The van der Waals surface area contributed by atoms with Gasteiger partial charge in [-0.3, -0.25) is 9.59 Å². The lowest BCUT2D eigenvalue weighted by Crippen LogP contribution is -2.49. The Morgan fingerprint density at radius 1 is 1.15 bits per heavy atom. The number of rotatable bonds is 4. The second-order valence-corrected chi connectivity index (χ2v) is 4.04. The molecule has 7 heteroatoms. The standard InChI is InChI=1S/C13H11N3O4/c14-11(17)10(13(19)20)16-12(18)9-6-5-7-3-1-2-4-8(7)15-9/h1-6,10H,(H2,14,17)(H,16,18)(H,19,20)/t10-/m0/s1. The highest BCUT2D eigenvalue weighted by molar-refractivity contribution is 6.06. The number of carbonyl (C=O) groups excluding carboxylic acids is 2. The zero-order chi connectivity index (χ0) is 14.7. The van der Waals surface area contributed by atoms with E-state index in [0.29, 0.717) is 5.52 Å². The van der Waals surface area contributed by atoms with E-state index in [4.69, 9.17) is 10.8 Å². The number of nitrogens with zero attached hydrogens (tertiary/aromatic N) is 1. The first kappa shape index (κ1) is 13.5. The number of aliphatic carboxylic acids is 1. The van der Waals surface area contributed by atoms with Gasteiger partial charge in [0.15, 0.2) is 0 Å². The maximum atomic E-state index is 11.9. The van der Waals surface area contributed by atoms with Gasteiger partial charge in [-0.05, 0) is 12.1 Å². The van der Waals surface area contributed by atoms with E-state index in [2.05, 4.69) is 4.98 Å². The van der Waals surface area contributed by atoms with Gasteiger partial charge in [-0.15, -0.1) is 0 Å². The molecule has 0 aliphatic heterocycles. The predicted molar refractivity (Wildman–Crippen MR) is 69.8 cm³/mol. The number of primary amides is 1. The Bertz CT molecular complexity index is 685. The molecule has 0 fully saturated rings. The van der Waals surface area contributed by atoms with E-state index >= 15 is 0 Å². The normalized spacial score (nSPS) is 11.8. The largest absolute Gasteiger partial charge is 0.479 e. The quantitative estimate of drug-likeness (QED) is 0.671. The van der Waals surface area contributed by atoms with Crippen molar-refractivity contribution in [2.24, 2.45) is 5.73 Å². The van der Waals surface area contributed by atoms with Crippen molar-refractivity contribution < 1.29 is 19.5 Å². The number of carboxylic acid groups (broad SMARTS) is 1. The smallest absolute Gasteiger partial charge is 0.336 e. The predicted octanol–water partition coefficient (Wildman–Crippen LogP) is -0.0969. The van der Waals surface area contributed by atoms with Gasteiger partial charge in [0, 0.05) is 5.39 Å². The lowest BCUT2D eigenvalue weighted by molar-refractivity contribution is -0.142. The Kier molecular flexibility index (Phi) is 3.60. The average Bonchev–Trinajstić information content (AvgIpc) is 2.43. The number of pyridine rings is 1. The topological polar surface area (TPSA) is 122 Å². The minimum absolute atomic E-state index is 0.0104. The molecular formula is C13H11N3O4. The average molecular weight is 273 g/mol. The molecule has 0 spiro atoms. The molecule has 1 heterocycles. The molecule has 2 amide bonds. The number of nitrogens with one attached hydrogen (secondary N) is 1. The van der Waals surface area contributed by atoms with Crippen LogP contribution in [0.1, 0.15) is 10.5 Å². The Labute approximate surface area is 113 Å². The zero-order valence-corrected chi connectivity index (χ0v) is 10.2. The fourth-order valence-corrected chi connectivity index (χ4v) is 1.65. The third-order valence-electron chi connectivity index (χ3n) is 2.64. The van der Waals surface area contributed by atoms with Crippen molar-refractivity contribution in [3.05, 3.63) is 42.1 Å². The molecule has 0 bridgehead atoms. The van der Waals surface area contributed by atoms with Crippen LogP contribution in [0.15, 0.2) is 36.4 Å². The third kappa shape index (κ3) is 2.72. The lowest BCUT2D eigenvalue weighted by atomic mass is 10.2. The number of aromatic nitrogens is 1. The number of fused-ring (bicyclic) bond motifs is 1. The van der Waals surface area contributed by atoms with Gasteiger partial charge in [-0.25, -0.2) is 9.78 Å². The zero-order valence-electron chi connectivity index (χ0n) is 10.2. The number of hydrogen-bond acceptors (Lipinski definition) is 4. The summed E-state index contributed by atoms with van der Waals surface area (Å²) < 4.78 is 0. The van der Waals surface area contributed by atoms with Crippen molar-refractivity contribution >= 4 is 28.7 Å². The Balaban J connectivity index is 2.27. The minimum atomic E-state index is -1.78. The van der Waals surface area contributed by atoms with Crippen molar-refractivity contribution in [2.45, 2.75) is 6.04 Å². The summed E-state index contributed by atoms with van der Waals surface area (Å²) in [6.45, 7) is 0. The van der Waals surface area contributed by atoms with Crippen molar-refractivity contribution in [2.75, 3.05) is 0 Å². The van der Waals surface area contributed by atoms with Gasteiger partial charge in [0.25, 0.3) is 11.8 Å². The summed E-state index contributed by atoms with van der Waals surface area (Å²) in [6.07, 6.45) is 0. The van der Waals surface area contributed by atoms with Crippen molar-refractivity contribution in [1.29, 1.82) is 0 Å². The highest BCUT2D eigenvalue weighted by atomic mass is 16.4. The number of amides is 2. The second-order valence-electron chi connectivity index (χ2n) is 4.04. The maximum Gasteiger partial charge on any atom is 0.336 e. The monoisotopic (exact) mass is 273 g/mol. The van der Waals surface area contributed by atoms with Gasteiger partial charge in [0.05, 0.1) is 5.52 Å². The number of hydrogen-bond donors (Lipinski definition) is 3. The van der Waals surface area contributed by atoms with Gasteiger partial charge >= 0.3 is 5.97 Å². The Morgan fingerprint density at radius 2 is 1.85 bits per heavy atom. The summed E-state index contributed by atoms with van der Waals surface area (Å²) in [5.74, 6) is -3.44. The molecule has 4 N–H and O–H groups in total. The van der Waals surface area contributed by atoms with E-state index < -0.39 is 23.8 Å². The van der Waals surface area contributed by atoms with Crippen LogP contribution in [-0.2, 0) is 9.59 Å². The molecule has 1 atom stereocenters. The van der Waals surface area contributed by atoms with Crippen LogP contribution in [0.5, 0.6) is 0 Å². The lowest BCUT2D eigenvalue weighted by Gasteiger charge is -2.10. The first-order chi connectivity index (χ1) is 9.49. The molecule has 20 heavy (non-hydrogen) atoms. The van der Waals surface area contributed by atoms with Crippen molar-refractivity contribution in [3.63, 3.8) is 0 Å². The van der Waals surface area contributed by atoms with Crippen LogP contribution in [0.25, 0.3) is 10.9 Å². The van der Waals surface area contributed by atoms with E-state index in [-0.39, 0.29) is 5.69 Å². The van der Waals surface area contributed by atoms with Crippen LogP contribution < -0.4 is 11.1 Å². The third-order valence-corrected chi connectivity index (χ3v) is 2.64. The van der Waals surface area contributed by atoms with Crippen molar-refractivity contribution in [1.82, 2.24) is 10.3 Å². The van der Waals surface area contributed by atoms with Crippen LogP contribution in [0, 0.1) is 0 Å². The van der Waals surface area contributed by atoms with E-state index in [1.807, 2.05) is 17.4 Å². The summed E-state index contributed by atoms with van der Waals surface area (Å²) in [6, 6.07) is 8.48. The molecule has 1 aromatic heterocycles. The van der Waals surface area contributed by atoms with Gasteiger partial charge in [0.2, 0.25) is 6.04 Å². The Hall–Kier alpha value is -2.96. The maximum absolute atomic E-state index is 11.9. The summed E-state index contributed by atoms with van der Waals surface area (Å²) in [7, 11) is 0. The molecule has 1 aromatic carbocycles. The summed E-state index contributed by atoms with van der Waals surface area (Å²) in [4.78, 5) is 37.7. The van der Waals surface area contributed by atoms with E-state index in [9.17, 15) is 14.4 Å². The number of nitrogens with two attached hydrogens (primary N) is 1. The number of benzene rings is 1. The molecule has 0 unspecified atom stereocenters. The minimum Gasteiger partial charge on any atom is -0.479 e. The Morgan fingerprint density at radius 3 is 2.50 bits per heavy atom. The number of carbonyl (C=O) groups is 3. The molecule has 0 saturated heterocycles. The van der Waals surface area contributed by atoms with E-state index in [0.717, 1.165) is 5.39 Å². The molecule has 102 valence electrons. The molecular weight excluding hydrogens is 262 g/mol. The molecule has 0 aliphatic carbocycles. The second kappa shape index (κ2) is 5.35. The van der Waals surface area contributed by atoms with Crippen molar-refractivity contribution in [3.8, 4) is 0 Å². The number of para-hydroxylation sites is 1. The SMILES string of the molecule is NC(=O)[C@H](NC(=O)c1ccc2ccccc2n1)C(=O)O. The fourth-order valence-electron chi connectivity index (χ4n) is 1.65. The first-order valence-electron chi connectivity index (χ1n) is 5.68. The summed E-state index contributed by atoms with van der Waals surface area (Å²) in [5.41, 5.74) is 5.50. The number of carboxylic acids is 1. The van der Waals surface area contributed by atoms with Gasteiger partial charge < -0.3 is 16.2 Å². The fraction of sp³-hybridized carbons (Fsp3) is 0.0769. The van der Waals surface area contributed by atoms with Crippen LogP contribution in [0.2, 0.25) is 0 Å². The molecule has 0 aliphatic rings. The van der Waals surface area contributed by atoms with Crippen LogP contribution in [0.4, 0.5) is 0 Å². The van der Waals surface area contributed by atoms with Gasteiger partial charge in [0.1, 0.15) is 5.69 Å². The van der Waals surface area contributed by atoms with Crippen LogP contribution in [0.3, 0.4) is 0 Å².